The molecule has 3 rings (SSSR count). The molecule has 184 valence electrons. The molecule has 0 saturated heterocycles. The van der Waals surface area contributed by atoms with Gasteiger partial charge in [-0.3, -0.25) is 9.59 Å². The molecule has 11 heteroatoms. The summed E-state index contributed by atoms with van der Waals surface area (Å²) in [6.07, 6.45) is 1.70. The molecule has 1 aromatic heterocycles. The summed E-state index contributed by atoms with van der Waals surface area (Å²) >= 11 is 16.8. The summed E-state index contributed by atoms with van der Waals surface area (Å²) < 4.78 is 2.63. The van der Waals surface area contributed by atoms with E-state index in [0.29, 0.717) is 33.8 Å². The normalized spacial score (nSPS) is 11.7. The molecule has 1 unspecified atom stereocenters. The van der Waals surface area contributed by atoms with Crippen molar-refractivity contribution < 1.29 is 9.59 Å². The lowest BCUT2D eigenvalue weighted by molar-refractivity contribution is -0.113. The molecule has 0 aliphatic carbocycles. The summed E-state index contributed by atoms with van der Waals surface area (Å²) in [6, 6.07) is 8.10. The van der Waals surface area contributed by atoms with E-state index in [2.05, 4.69) is 43.3 Å². The molecular formula is C24H24BrCl2N5O2S. The second-order valence-corrected chi connectivity index (χ2v) is 10.5. The highest BCUT2D eigenvalue weighted by atomic mass is 79.9. The van der Waals surface area contributed by atoms with Crippen LogP contribution < -0.4 is 10.6 Å². The highest BCUT2D eigenvalue weighted by molar-refractivity contribution is 9.10. The Bertz CT molecular complexity index is 1280. The predicted octanol–water partition coefficient (Wildman–Crippen LogP) is 6.37. The van der Waals surface area contributed by atoms with Crippen LogP contribution in [0.3, 0.4) is 0 Å². The Morgan fingerprint density at radius 2 is 1.91 bits per heavy atom. The number of nitrogens with one attached hydrogen (secondary N) is 2. The molecule has 7 nitrogen and oxygen atoms in total. The molecular weight excluding hydrogens is 573 g/mol. The summed E-state index contributed by atoms with van der Waals surface area (Å²) in [6.45, 7) is 10.0. The van der Waals surface area contributed by atoms with Gasteiger partial charge in [0.25, 0.3) is 5.91 Å². The number of amides is 2. The van der Waals surface area contributed by atoms with Crippen LogP contribution in [0.5, 0.6) is 0 Å². The van der Waals surface area contributed by atoms with Crippen LogP contribution in [0.2, 0.25) is 10.0 Å². The zero-order chi connectivity index (χ0) is 25.7. The molecule has 3 aromatic rings. The number of halogens is 3. The molecule has 0 aliphatic heterocycles. The molecule has 0 radical (unpaired) electrons. The lowest BCUT2D eigenvalue weighted by atomic mass is 10.1. The van der Waals surface area contributed by atoms with Crippen molar-refractivity contribution in [2.24, 2.45) is 0 Å². The molecule has 2 N–H and O–H groups in total. The fourth-order valence-electron chi connectivity index (χ4n) is 3.23. The van der Waals surface area contributed by atoms with Crippen LogP contribution in [-0.4, -0.2) is 32.3 Å². The molecule has 0 bridgehead atoms. The topological polar surface area (TPSA) is 88.9 Å². The minimum absolute atomic E-state index is 0.135. The van der Waals surface area contributed by atoms with Crippen molar-refractivity contribution in [2.75, 3.05) is 11.1 Å². The maximum Gasteiger partial charge on any atom is 0.253 e. The number of nitrogens with zero attached hydrogens (tertiary/aromatic N) is 3. The molecule has 0 saturated carbocycles. The van der Waals surface area contributed by atoms with Crippen molar-refractivity contribution >= 4 is 68.4 Å². The van der Waals surface area contributed by atoms with Gasteiger partial charge >= 0.3 is 0 Å². The van der Waals surface area contributed by atoms with Gasteiger partial charge in [-0.25, -0.2) is 0 Å². The maximum atomic E-state index is 12.7. The van der Waals surface area contributed by atoms with Crippen LogP contribution in [0, 0.1) is 13.8 Å². The van der Waals surface area contributed by atoms with Crippen LogP contribution in [0.15, 0.2) is 52.6 Å². The van der Waals surface area contributed by atoms with Crippen molar-refractivity contribution in [1.29, 1.82) is 0 Å². The summed E-state index contributed by atoms with van der Waals surface area (Å²) in [7, 11) is 0. The molecule has 0 spiro atoms. The number of hydrogen-bond acceptors (Lipinski definition) is 5. The van der Waals surface area contributed by atoms with Gasteiger partial charge in [0.2, 0.25) is 5.91 Å². The number of carbonyl (C=O) groups is 2. The zero-order valence-electron chi connectivity index (χ0n) is 19.4. The van der Waals surface area contributed by atoms with Crippen molar-refractivity contribution in [3.8, 4) is 0 Å². The highest BCUT2D eigenvalue weighted by Gasteiger charge is 2.21. The van der Waals surface area contributed by atoms with Crippen molar-refractivity contribution in [3.63, 3.8) is 0 Å². The van der Waals surface area contributed by atoms with Crippen LogP contribution in [0.1, 0.15) is 40.3 Å². The van der Waals surface area contributed by atoms with Gasteiger partial charge < -0.3 is 15.2 Å². The van der Waals surface area contributed by atoms with Crippen LogP contribution in [0.4, 0.5) is 5.69 Å². The Balaban J connectivity index is 1.69. The number of aromatic nitrogens is 3. The number of allylic oxidation sites excluding steroid dienone is 1. The van der Waals surface area contributed by atoms with E-state index in [9.17, 15) is 9.59 Å². The van der Waals surface area contributed by atoms with E-state index in [-0.39, 0.29) is 22.6 Å². The Labute approximate surface area is 226 Å². The van der Waals surface area contributed by atoms with Crippen molar-refractivity contribution in [3.05, 3.63) is 80.0 Å². The molecule has 0 fully saturated rings. The number of anilines is 1. The van der Waals surface area contributed by atoms with E-state index >= 15 is 0 Å². The second kappa shape index (κ2) is 12.1. The molecule has 2 amide bonds. The minimum atomic E-state index is -0.476. The van der Waals surface area contributed by atoms with Gasteiger partial charge in [-0.2, -0.15) is 0 Å². The third-order valence-corrected chi connectivity index (χ3v) is 7.33. The second-order valence-electron chi connectivity index (χ2n) is 7.81. The fourth-order valence-corrected chi connectivity index (χ4v) is 5.04. The quantitative estimate of drug-likeness (QED) is 0.221. The van der Waals surface area contributed by atoms with Gasteiger partial charge in [-0.05, 0) is 78.2 Å². The third kappa shape index (κ3) is 6.88. The fraction of sp³-hybridized carbons (Fsp3) is 0.250. The zero-order valence-corrected chi connectivity index (χ0v) is 23.3. The Hall–Kier alpha value is -2.33. The maximum absolute atomic E-state index is 12.7. The van der Waals surface area contributed by atoms with Gasteiger partial charge in [0, 0.05) is 16.0 Å². The first kappa shape index (κ1) is 27.3. The Morgan fingerprint density at radius 3 is 2.60 bits per heavy atom. The number of aryl methyl sites for hydroxylation is 2. The summed E-state index contributed by atoms with van der Waals surface area (Å²) in [5, 5.41) is 15.5. The monoisotopic (exact) mass is 595 g/mol. The molecule has 1 heterocycles. The van der Waals surface area contributed by atoms with E-state index in [4.69, 9.17) is 23.2 Å². The van der Waals surface area contributed by atoms with E-state index in [1.54, 1.807) is 25.1 Å². The molecule has 0 aliphatic rings. The molecule has 2 aromatic carbocycles. The Kier molecular flexibility index (Phi) is 9.40. The van der Waals surface area contributed by atoms with Crippen molar-refractivity contribution in [1.82, 2.24) is 20.1 Å². The minimum Gasteiger partial charge on any atom is -0.342 e. The predicted molar refractivity (Wildman–Crippen MR) is 146 cm³/mol. The Morgan fingerprint density at radius 1 is 1.20 bits per heavy atom. The van der Waals surface area contributed by atoms with Gasteiger partial charge in [0.15, 0.2) is 11.0 Å². The van der Waals surface area contributed by atoms with Gasteiger partial charge in [0.1, 0.15) is 0 Å². The van der Waals surface area contributed by atoms with E-state index < -0.39 is 6.04 Å². The number of rotatable bonds is 9. The lowest BCUT2D eigenvalue weighted by Crippen LogP contribution is -2.29. The van der Waals surface area contributed by atoms with E-state index in [1.807, 2.05) is 30.5 Å². The lowest BCUT2D eigenvalue weighted by Gasteiger charge is -2.16. The smallest absolute Gasteiger partial charge is 0.253 e. The van der Waals surface area contributed by atoms with Crippen molar-refractivity contribution in [2.45, 2.75) is 38.5 Å². The SMILES string of the molecule is C=CCn1c(SCC(=O)Nc2cc(C)c(C)cc2Br)nnc1C(C)NC(=O)c1ccc(Cl)cc1Cl. The first-order valence-corrected chi connectivity index (χ1v) is 13.1. The number of thioether (sulfide) groups is 1. The summed E-state index contributed by atoms with van der Waals surface area (Å²) in [4.78, 5) is 25.3. The average Bonchev–Trinajstić information content (AvgIpc) is 3.19. The molecule has 35 heavy (non-hydrogen) atoms. The van der Waals surface area contributed by atoms with Crippen LogP contribution in [-0.2, 0) is 11.3 Å². The van der Waals surface area contributed by atoms with Crippen LogP contribution >= 0.6 is 50.9 Å². The average molecular weight is 597 g/mol. The largest absolute Gasteiger partial charge is 0.342 e. The molecule has 1 atom stereocenters. The standard InChI is InChI=1S/C24H24BrCl2N5O2S/c1-5-8-32-22(15(4)28-23(34)17-7-6-16(26)11-19(17)27)30-31-24(32)35-12-21(33)29-20-10-14(3)13(2)9-18(20)25/h5-7,9-11,15H,1,8,12H2,2-4H3,(H,28,34)(H,29,33). The summed E-state index contributed by atoms with van der Waals surface area (Å²) in [5.74, 6) is 0.130. The number of benzene rings is 2. The van der Waals surface area contributed by atoms with E-state index in [0.717, 1.165) is 15.6 Å². The number of hydrogen-bond donors (Lipinski definition) is 2. The summed E-state index contributed by atoms with van der Waals surface area (Å²) in [5.41, 5.74) is 3.24. The van der Waals surface area contributed by atoms with Gasteiger partial charge in [-0.15, -0.1) is 16.8 Å². The third-order valence-electron chi connectivity index (χ3n) is 5.16. The van der Waals surface area contributed by atoms with Gasteiger partial charge in [-0.1, -0.05) is 41.0 Å². The number of carbonyl (C=O) groups excluding carboxylic acids is 2. The first-order valence-electron chi connectivity index (χ1n) is 10.6. The van der Waals surface area contributed by atoms with E-state index in [1.165, 1.54) is 17.8 Å². The first-order chi connectivity index (χ1) is 16.6. The van der Waals surface area contributed by atoms with Crippen LogP contribution in [0.25, 0.3) is 0 Å². The van der Waals surface area contributed by atoms with Gasteiger partial charge in [0.05, 0.1) is 28.1 Å². The highest BCUT2D eigenvalue weighted by Crippen LogP contribution is 2.27.